The number of thiophene rings is 2. The molecule has 6 aliphatic carbocycles. The molecule has 7 heteroatoms. The summed E-state index contributed by atoms with van der Waals surface area (Å²) in [6.07, 6.45) is 20.7. The zero-order chi connectivity index (χ0) is 59.0. The largest absolute Gasteiger partial charge is 0.361 e. The Morgan fingerprint density at radius 3 is 1.07 bits per heavy atom. The molecule has 0 radical (unpaired) electrons. The molecule has 6 saturated carbocycles. The van der Waals surface area contributed by atoms with E-state index in [-0.39, 0.29) is 0 Å². The molecule has 5 heterocycles. The van der Waals surface area contributed by atoms with Gasteiger partial charge in [0.25, 0.3) is 0 Å². The third-order valence-electron chi connectivity index (χ3n) is 25.9. The molecule has 2 aromatic heterocycles. The molecule has 8 aromatic carbocycles. The maximum Gasteiger partial charge on any atom is 0.0501 e. The number of para-hydroxylation sites is 4. The van der Waals surface area contributed by atoms with Crippen molar-refractivity contribution in [3.8, 4) is 0 Å². The summed E-state index contributed by atoms with van der Waals surface area (Å²) in [6, 6.07) is 85.6. The molecule has 9 fully saturated rings. The van der Waals surface area contributed by atoms with Crippen molar-refractivity contribution in [3.05, 3.63) is 217 Å². The van der Waals surface area contributed by atoms with Crippen molar-refractivity contribution in [1.82, 2.24) is 5.32 Å². The van der Waals surface area contributed by atoms with Crippen LogP contribution in [0.3, 0.4) is 0 Å². The van der Waals surface area contributed by atoms with E-state index in [1.807, 2.05) is 0 Å². The second-order valence-corrected chi connectivity index (χ2v) is 31.8. The van der Waals surface area contributed by atoms with Gasteiger partial charge in [0.15, 0.2) is 0 Å². The third-order valence-corrected chi connectivity index (χ3v) is 28.4. The first-order valence-corrected chi connectivity index (χ1v) is 37.2. The number of hydrogen-bond donors (Lipinski definition) is 1. The highest BCUT2D eigenvalue weighted by molar-refractivity contribution is 7.26. The fourth-order valence-electron chi connectivity index (χ4n) is 22.8. The maximum absolute atomic E-state index is 4.84. The zero-order valence-corrected chi connectivity index (χ0v) is 53.8. The molecule has 10 aromatic rings. The van der Waals surface area contributed by atoms with Crippen LogP contribution in [0.25, 0.3) is 40.3 Å². The number of piperazine rings is 2. The van der Waals surface area contributed by atoms with Gasteiger partial charge in [-0.25, -0.2) is 0 Å². The Bertz CT molecular complexity index is 3930. The normalized spacial score (nSPS) is 34.0. The van der Waals surface area contributed by atoms with E-state index in [1.165, 1.54) is 161 Å². The Morgan fingerprint density at radius 2 is 0.622 bits per heavy atom. The highest BCUT2D eigenvalue weighted by Gasteiger charge is 2.63. The molecule has 18 atom stereocenters. The lowest BCUT2D eigenvalue weighted by atomic mass is 9.47. The van der Waals surface area contributed by atoms with Crippen LogP contribution in [0.2, 0.25) is 0 Å². The number of piperidine rings is 1. The Hall–Kier alpha value is -6.64. The molecular weight excluding hydrogens is 1130 g/mol. The predicted octanol–water partition coefficient (Wildman–Crippen LogP) is 19.9. The number of anilines is 4. The van der Waals surface area contributed by atoms with Gasteiger partial charge in [0, 0.05) is 99.8 Å². The molecule has 19 rings (SSSR count). The highest BCUT2D eigenvalue weighted by atomic mass is 32.1. The van der Waals surface area contributed by atoms with E-state index in [0.717, 1.165) is 6.54 Å². The summed E-state index contributed by atoms with van der Waals surface area (Å²) < 4.78 is 5.97. The van der Waals surface area contributed by atoms with Gasteiger partial charge in [-0.05, 0) is 202 Å². The van der Waals surface area contributed by atoms with Gasteiger partial charge in [-0.15, -0.1) is 22.7 Å². The number of hydrogen-bond acceptors (Lipinski definition) is 7. The molecule has 1 N–H and O–H groups in total. The standard InChI is InChI=1S/C83H87N5S2/c1-5-23-54(24-6-1)85-71-37-15-16-38-72(71)86(55-25-7-2-8-26-55)76-49-68-66(47-75(76)85)60-44-43-52(58-33-21-35-63-61-31-13-19-41-79(61)89-82(58)63)45-65(60)67-48-77-78(88(57-29-11-4-12-30-57)74-40-18-17-39-73(74)87(77)56-27-9-3-10-28-56)50-70(67)81-69(68)46-53(51-84-81)59-34-22-36-64-62-32-14-20-42-80(62)90-83(59)64/h1-14,19-36,41-42,52-53,60,65-78,81,84H,15-18,37-40,43-51H2. The van der Waals surface area contributed by atoms with Crippen LogP contribution >= 0.6 is 22.7 Å². The topological polar surface area (TPSA) is 25.0 Å². The first-order valence-electron chi connectivity index (χ1n) is 35.5. The Balaban J connectivity index is 0.811. The molecule has 0 spiro atoms. The first kappa shape index (κ1) is 55.0. The van der Waals surface area contributed by atoms with Gasteiger partial charge in [0.1, 0.15) is 0 Å². The summed E-state index contributed by atoms with van der Waals surface area (Å²) in [6.45, 7) is 1.06. The lowest BCUT2D eigenvalue weighted by Gasteiger charge is -2.67. The second-order valence-electron chi connectivity index (χ2n) is 29.7. The number of nitrogens with zero attached hydrogens (tertiary/aromatic N) is 4. The number of benzene rings is 8. The van der Waals surface area contributed by atoms with Crippen molar-refractivity contribution in [2.75, 3.05) is 26.1 Å². The van der Waals surface area contributed by atoms with Gasteiger partial charge >= 0.3 is 0 Å². The molecule has 456 valence electrons. The van der Waals surface area contributed by atoms with Crippen LogP contribution in [0.4, 0.5) is 22.7 Å². The van der Waals surface area contributed by atoms with Crippen molar-refractivity contribution in [2.24, 2.45) is 41.4 Å². The zero-order valence-electron chi connectivity index (χ0n) is 52.1. The minimum atomic E-state index is 0.423. The minimum absolute atomic E-state index is 0.423. The third kappa shape index (κ3) is 8.87. The summed E-state index contributed by atoms with van der Waals surface area (Å²) in [5.74, 6) is 5.25. The van der Waals surface area contributed by atoms with Gasteiger partial charge in [0.05, 0.1) is 24.2 Å². The lowest BCUT2D eigenvalue weighted by Crippen LogP contribution is -2.74. The van der Waals surface area contributed by atoms with Crippen molar-refractivity contribution < 1.29 is 0 Å². The van der Waals surface area contributed by atoms with Gasteiger partial charge in [-0.3, -0.25) is 0 Å². The van der Waals surface area contributed by atoms with E-state index in [0.29, 0.717) is 108 Å². The molecule has 18 unspecified atom stereocenters. The average molecular weight is 1220 g/mol. The smallest absolute Gasteiger partial charge is 0.0501 e. The SMILES string of the molecule is c1ccc(N2C3CCCCC3N(c3ccccc3)C3CC4C(CC32)C2CCC(c3cccc5c3sc3ccccc35)CC2C2CC3C(CC2C2NCC(c5cccc6c5sc5ccccc56)CC42)N(c2ccccc2)C2CCCCC2N3c2ccccc2)cc1. The van der Waals surface area contributed by atoms with Crippen molar-refractivity contribution in [1.29, 1.82) is 0 Å². The minimum Gasteiger partial charge on any atom is -0.361 e. The summed E-state index contributed by atoms with van der Waals surface area (Å²) in [7, 11) is 0. The quantitative estimate of drug-likeness (QED) is 0.167. The fourth-order valence-corrected chi connectivity index (χ4v) is 25.4. The Labute approximate surface area is 541 Å². The summed E-state index contributed by atoms with van der Waals surface area (Å²) >= 11 is 4.15. The molecule has 9 aliphatic rings. The average Bonchev–Trinajstić information content (AvgIpc) is 1.75. The Morgan fingerprint density at radius 1 is 0.278 bits per heavy atom. The first-order chi connectivity index (χ1) is 44.7. The maximum atomic E-state index is 4.84. The monoisotopic (exact) mass is 1220 g/mol. The van der Waals surface area contributed by atoms with Gasteiger partial charge in [0.2, 0.25) is 0 Å². The van der Waals surface area contributed by atoms with Crippen LogP contribution in [0.5, 0.6) is 0 Å². The predicted molar refractivity (Wildman–Crippen MR) is 380 cm³/mol. The van der Waals surface area contributed by atoms with Gasteiger partial charge < -0.3 is 24.9 Å². The number of rotatable bonds is 6. The lowest BCUT2D eigenvalue weighted by molar-refractivity contribution is -0.0813. The van der Waals surface area contributed by atoms with Crippen molar-refractivity contribution >= 4 is 85.8 Å². The van der Waals surface area contributed by atoms with E-state index in [9.17, 15) is 0 Å². The van der Waals surface area contributed by atoms with Crippen molar-refractivity contribution in [3.63, 3.8) is 0 Å². The molecule has 0 amide bonds. The Kier molecular flexibility index (Phi) is 13.8. The van der Waals surface area contributed by atoms with Gasteiger partial charge in [-0.1, -0.05) is 171 Å². The van der Waals surface area contributed by atoms with E-state index in [1.54, 1.807) is 15.8 Å². The molecular formula is C83H87N5S2. The summed E-state index contributed by atoms with van der Waals surface area (Å²) in [4.78, 5) is 12.5. The van der Waals surface area contributed by atoms with Gasteiger partial charge in [-0.2, -0.15) is 0 Å². The van der Waals surface area contributed by atoms with Crippen LogP contribution in [-0.2, 0) is 0 Å². The second kappa shape index (κ2) is 22.6. The highest BCUT2D eigenvalue weighted by Crippen LogP contribution is 2.64. The van der Waals surface area contributed by atoms with Crippen LogP contribution in [0, 0.1) is 41.4 Å². The molecule has 0 bridgehead atoms. The van der Waals surface area contributed by atoms with Crippen LogP contribution in [0.15, 0.2) is 206 Å². The van der Waals surface area contributed by atoms with Crippen LogP contribution < -0.4 is 24.9 Å². The van der Waals surface area contributed by atoms with Crippen molar-refractivity contribution in [2.45, 2.75) is 169 Å². The summed E-state index contributed by atoms with van der Waals surface area (Å²) in [5.41, 5.74) is 9.16. The fraction of sp³-hybridized carbons (Fsp3) is 0.422. The van der Waals surface area contributed by atoms with Crippen LogP contribution in [-0.4, -0.2) is 60.9 Å². The van der Waals surface area contributed by atoms with E-state index in [2.05, 4.69) is 249 Å². The molecule has 3 aliphatic heterocycles. The number of nitrogens with one attached hydrogen (secondary N) is 1. The number of fused-ring (bicyclic) bond motifs is 18. The molecule has 5 nitrogen and oxygen atoms in total. The van der Waals surface area contributed by atoms with E-state index in [4.69, 9.17) is 5.32 Å². The van der Waals surface area contributed by atoms with E-state index < -0.39 is 0 Å². The summed E-state index contributed by atoms with van der Waals surface area (Å²) in [5, 5.41) is 10.6. The van der Waals surface area contributed by atoms with Crippen LogP contribution in [0.1, 0.15) is 126 Å². The van der Waals surface area contributed by atoms with E-state index >= 15 is 0 Å². The molecule has 90 heavy (non-hydrogen) atoms. The molecule has 3 saturated heterocycles.